The fourth-order valence-electron chi connectivity index (χ4n) is 3.58. The van der Waals surface area contributed by atoms with E-state index in [0.29, 0.717) is 29.2 Å². The molecule has 8 heteroatoms. The first-order valence-electron chi connectivity index (χ1n) is 12.4. The van der Waals surface area contributed by atoms with Crippen LogP contribution in [0.3, 0.4) is 0 Å². The van der Waals surface area contributed by atoms with E-state index in [9.17, 15) is 4.79 Å². The Morgan fingerprint density at radius 3 is 2.31 bits per heavy atom. The van der Waals surface area contributed by atoms with Crippen molar-refractivity contribution >= 4 is 23.0 Å². The maximum Gasteiger partial charge on any atom is 0.273 e. The molecule has 0 radical (unpaired) electrons. The number of carbonyl (C=O) groups is 1. The predicted molar refractivity (Wildman–Crippen MR) is 154 cm³/mol. The van der Waals surface area contributed by atoms with Gasteiger partial charge in [-0.25, -0.2) is 0 Å². The highest BCUT2D eigenvalue weighted by molar-refractivity contribution is 6.47. The highest BCUT2D eigenvalue weighted by Gasteiger charge is 2.17. The van der Waals surface area contributed by atoms with Crippen molar-refractivity contribution < 1.29 is 19.3 Å². The number of amides is 1. The minimum atomic E-state index is -0.373. The number of oxime groups is 3. The van der Waals surface area contributed by atoms with Gasteiger partial charge in [0.2, 0.25) is 0 Å². The molecule has 3 rings (SSSR count). The van der Waals surface area contributed by atoms with Gasteiger partial charge >= 0.3 is 0 Å². The zero-order valence-corrected chi connectivity index (χ0v) is 22.8. The average molecular weight is 525 g/mol. The summed E-state index contributed by atoms with van der Waals surface area (Å²) in [7, 11) is 2.92. The lowest BCUT2D eigenvalue weighted by atomic mass is 10.0. The van der Waals surface area contributed by atoms with Crippen molar-refractivity contribution in [2.24, 2.45) is 15.5 Å². The van der Waals surface area contributed by atoms with Crippen LogP contribution in [0.15, 0.2) is 88.3 Å². The molecule has 200 valence electrons. The Kier molecular flexibility index (Phi) is 10.8. The first-order valence-corrected chi connectivity index (χ1v) is 12.4. The fourth-order valence-corrected chi connectivity index (χ4v) is 3.58. The summed E-state index contributed by atoms with van der Waals surface area (Å²) in [4.78, 5) is 28.2. The molecule has 0 aliphatic heterocycles. The monoisotopic (exact) mass is 524 g/mol. The highest BCUT2D eigenvalue weighted by Crippen LogP contribution is 2.14. The highest BCUT2D eigenvalue weighted by atomic mass is 16.6. The number of hydrogen-bond acceptors (Lipinski definition) is 7. The number of nitrogens with zero attached hydrogens (tertiary/aromatic N) is 3. The molecule has 39 heavy (non-hydrogen) atoms. The minimum Gasteiger partial charge on any atom is -0.398 e. The predicted octanol–water partition coefficient (Wildman–Crippen LogP) is 4.82. The summed E-state index contributed by atoms with van der Waals surface area (Å²) in [6.45, 7) is 6.20. The van der Waals surface area contributed by atoms with Crippen molar-refractivity contribution in [1.82, 2.24) is 5.32 Å². The number of likely N-dealkylation sites (N-methyl/N-ethyl adjacent to an activating group) is 1. The van der Waals surface area contributed by atoms with Crippen molar-refractivity contribution in [3.05, 3.63) is 106 Å². The third-order valence-corrected chi connectivity index (χ3v) is 5.47. The van der Waals surface area contributed by atoms with Gasteiger partial charge in [0.05, 0.1) is 0 Å². The zero-order valence-electron chi connectivity index (χ0n) is 22.8. The zero-order chi connectivity index (χ0) is 28.0. The molecular formula is C31H32N4O4. The van der Waals surface area contributed by atoms with E-state index in [4.69, 9.17) is 14.5 Å². The van der Waals surface area contributed by atoms with Crippen molar-refractivity contribution in [3.63, 3.8) is 0 Å². The van der Waals surface area contributed by atoms with Gasteiger partial charge in [0, 0.05) is 34.9 Å². The van der Waals surface area contributed by atoms with Gasteiger partial charge in [0.15, 0.2) is 5.71 Å². The molecule has 3 aromatic carbocycles. The van der Waals surface area contributed by atoms with E-state index in [1.165, 1.54) is 19.7 Å². The number of carbonyl (C=O) groups excluding carboxylic acids is 1. The van der Waals surface area contributed by atoms with Crippen molar-refractivity contribution in [3.8, 4) is 11.8 Å². The maximum atomic E-state index is 12.3. The Labute approximate surface area is 229 Å². The molecule has 0 aromatic heterocycles. The van der Waals surface area contributed by atoms with Gasteiger partial charge < -0.3 is 19.8 Å². The number of rotatable bonds is 10. The van der Waals surface area contributed by atoms with Gasteiger partial charge in [-0.2, -0.15) is 0 Å². The number of hydrogen-bond donors (Lipinski definition) is 1. The van der Waals surface area contributed by atoms with Gasteiger partial charge in [0.1, 0.15) is 31.7 Å². The summed E-state index contributed by atoms with van der Waals surface area (Å²) in [6, 6.07) is 23.0. The average Bonchev–Trinajstić information content (AvgIpc) is 2.95. The van der Waals surface area contributed by atoms with Gasteiger partial charge in [-0.15, -0.1) is 0 Å². The normalized spacial score (nSPS) is 11.8. The Balaban J connectivity index is 1.79. The number of benzene rings is 3. The quantitative estimate of drug-likeness (QED) is 0.234. The molecule has 0 aliphatic rings. The molecule has 0 heterocycles. The molecule has 0 saturated carbocycles. The van der Waals surface area contributed by atoms with E-state index in [1.54, 1.807) is 13.0 Å². The maximum absolute atomic E-state index is 12.3. The molecule has 1 amide bonds. The Morgan fingerprint density at radius 1 is 0.872 bits per heavy atom. The van der Waals surface area contributed by atoms with E-state index >= 15 is 0 Å². The van der Waals surface area contributed by atoms with Crippen LogP contribution in [-0.2, 0) is 25.9 Å². The third-order valence-electron chi connectivity index (χ3n) is 5.47. The molecule has 0 saturated heterocycles. The summed E-state index contributed by atoms with van der Waals surface area (Å²) < 4.78 is 0. The first kappa shape index (κ1) is 28.7. The molecule has 0 bridgehead atoms. The minimum absolute atomic E-state index is 0.0998. The lowest BCUT2D eigenvalue weighted by Gasteiger charge is -2.11. The van der Waals surface area contributed by atoms with Crippen LogP contribution in [0.5, 0.6) is 0 Å². The topological polar surface area (TPSA) is 93.9 Å². The summed E-state index contributed by atoms with van der Waals surface area (Å²) in [5.41, 5.74) is 6.33. The molecule has 1 N–H and O–H groups in total. The second-order valence-corrected chi connectivity index (χ2v) is 8.36. The van der Waals surface area contributed by atoms with Crippen molar-refractivity contribution in [1.29, 1.82) is 0 Å². The molecular weight excluding hydrogens is 492 g/mol. The first-order chi connectivity index (χ1) is 19.0. The molecule has 0 atom stereocenters. The van der Waals surface area contributed by atoms with Crippen LogP contribution in [0, 0.1) is 18.8 Å². The SMILES string of the molecule is CCO/N=C(/C(C)=NOCc1ccccc1C(=NOC)C(=O)NC)c1ccc(C#Cc2cccc(C)c2)cc1. The van der Waals surface area contributed by atoms with Gasteiger partial charge in [-0.05, 0) is 50.6 Å². The van der Waals surface area contributed by atoms with Crippen LogP contribution in [0.4, 0.5) is 0 Å². The van der Waals surface area contributed by atoms with E-state index in [0.717, 1.165) is 16.7 Å². The largest absolute Gasteiger partial charge is 0.398 e. The van der Waals surface area contributed by atoms with Crippen LogP contribution >= 0.6 is 0 Å². The molecule has 0 fully saturated rings. The van der Waals surface area contributed by atoms with Gasteiger partial charge in [-0.1, -0.05) is 75.8 Å². The van der Waals surface area contributed by atoms with Gasteiger partial charge in [-0.3, -0.25) is 4.79 Å². The fraction of sp³-hybridized carbons (Fsp3) is 0.226. The molecule has 0 spiro atoms. The van der Waals surface area contributed by atoms with E-state index < -0.39 is 0 Å². The summed E-state index contributed by atoms with van der Waals surface area (Å²) in [6.07, 6.45) is 0. The van der Waals surface area contributed by atoms with Crippen LogP contribution in [0.25, 0.3) is 0 Å². The van der Waals surface area contributed by atoms with E-state index in [1.807, 2.05) is 74.5 Å². The smallest absolute Gasteiger partial charge is 0.273 e. The second-order valence-electron chi connectivity index (χ2n) is 8.36. The van der Waals surface area contributed by atoms with E-state index in [2.05, 4.69) is 38.7 Å². The lowest BCUT2D eigenvalue weighted by molar-refractivity contribution is -0.114. The number of aryl methyl sites for hydroxylation is 1. The molecule has 0 unspecified atom stereocenters. The Morgan fingerprint density at radius 2 is 1.62 bits per heavy atom. The van der Waals surface area contributed by atoms with Gasteiger partial charge in [0.25, 0.3) is 5.91 Å². The standard InChI is InChI=1S/C31H32N4O4/c1-6-38-35-29(26-18-16-24(17-19-26)14-15-25-11-9-10-22(2)20-25)23(3)33-39-21-27-12-7-8-13-28(27)30(34-37-5)31(36)32-4/h7-13,16-20H,6,21H2,1-5H3,(H,32,36)/b33-23?,34-30?,35-29-. The Hall–Kier alpha value is -4.90. The van der Waals surface area contributed by atoms with Crippen molar-refractivity contribution in [2.75, 3.05) is 20.8 Å². The summed E-state index contributed by atoms with van der Waals surface area (Å²) in [5, 5.41) is 15.0. The van der Waals surface area contributed by atoms with Crippen LogP contribution in [-0.4, -0.2) is 43.8 Å². The van der Waals surface area contributed by atoms with Crippen LogP contribution in [0.2, 0.25) is 0 Å². The third kappa shape index (κ3) is 8.30. The Bertz CT molecular complexity index is 1430. The summed E-state index contributed by atoms with van der Waals surface area (Å²) in [5.74, 6) is 6.01. The lowest BCUT2D eigenvalue weighted by Crippen LogP contribution is -2.29. The second kappa shape index (κ2) is 14.7. The number of nitrogens with one attached hydrogen (secondary N) is 1. The van der Waals surface area contributed by atoms with Crippen molar-refractivity contribution in [2.45, 2.75) is 27.4 Å². The van der Waals surface area contributed by atoms with E-state index in [-0.39, 0.29) is 18.2 Å². The summed E-state index contributed by atoms with van der Waals surface area (Å²) >= 11 is 0. The van der Waals surface area contributed by atoms with Crippen LogP contribution < -0.4 is 5.32 Å². The molecule has 3 aromatic rings. The molecule has 0 aliphatic carbocycles. The molecule has 8 nitrogen and oxygen atoms in total. The van der Waals surface area contributed by atoms with Crippen LogP contribution in [0.1, 0.15) is 47.2 Å².